The molecule has 1 aliphatic carbocycles. The van der Waals surface area contributed by atoms with E-state index in [1.54, 1.807) is 0 Å². The SMILES string of the molecule is C=C(/C=C\C=C/C)c1ccc(-c2ccc(N(c3ccc4c(c3)C(C(/C=C\C)=C/CC)(c3ccccc3)C(/C=C\C)=C4C)c3cc(/C=C\CC)c(CC)c4ccccc34)cc2)cc1O. The van der Waals surface area contributed by atoms with Crippen molar-refractivity contribution in [3.63, 3.8) is 0 Å². The van der Waals surface area contributed by atoms with Crippen LogP contribution >= 0.6 is 0 Å². The van der Waals surface area contributed by atoms with Gasteiger partial charge in [0.1, 0.15) is 5.75 Å². The predicted molar refractivity (Wildman–Crippen MR) is 275 cm³/mol. The summed E-state index contributed by atoms with van der Waals surface area (Å²) in [4.78, 5) is 2.45. The highest BCUT2D eigenvalue weighted by Crippen LogP contribution is 2.57. The molecule has 0 aromatic heterocycles. The summed E-state index contributed by atoms with van der Waals surface area (Å²) >= 11 is 0. The van der Waals surface area contributed by atoms with Crippen LogP contribution in [0.4, 0.5) is 17.1 Å². The van der Waals surface area contributed by atoms with Gasteiger partial charge in [-0.25, -0.2) is 0 Å². The summed E-state index contributed by atoms with van der Waals surface area (Å²) in [7, 11) is 0. The molecule has 6 aromatic rings. The molecule has 0 fully saturated rings. The smallest absolute Gasteiger partial charge is 0.123 e. The minimum absolute atomic E-state index is 0.208. The maximum Gasteiger partial charge on any atom is 0.123 e. The second-order valence-corrected chi connectivity index (χ2v) is 16.1. The predicted octanol–water partition coefficient (Wildman–Crippen LogP) is 17.4. The molecule has 1 atom stereocenters. The number of phenolic OH excluding ortho intramolecular Hbond substituents is 1. The number of benzene rings is 6. The fraction of sp³-hybridized carbons (Fsp3) is 0.180. The molecule has 7 rings (SSSR count). The van der Waals surface area contributed by atoms with Crippen molar-refractivity contribution in [3.05, 3.63) is 233 Å². The Morgan fingerprint density at radius 1 is 0.683 bits per heavy atom. The molecule has 0 radical (unpaired) electrons. The Hall–Kier alpha value is -6.90. The maximum atomic E-state index is 11.2. The summed E-state index contributed by atoms with van der Waals surface area (Å²) < 4.78 is 0. The molecule has 1 aliphatic rings. The van der Waals surface area contributed by atoms with Crippen LogP contribution in [0, 0.1) is 0 Å². The van der Waals surface area contributed by atoms with Gasteiger partial charge in [0.25, 0.3) is 0 Å². The lowest BCUT2D eigenvalue weighted by Gasteiger charge is -2.37. The third-order valence-electron chi connectivity index (χ3n) is 12.3. The molecule has 0 saturated carbocycles. The van der Waals surface area contributed by atoms with E-state index < -0.39 is 5.41 Å². The van der Waals surface area contributed by atoms with Crippen molar-refractivity contribution in [2.45, 2.75) is 73.1 Å². The van der Waals surface area contributed by atoms with Crippen LogP contribution in [0.15, 0.2) is 200 Å². The van der Waals surface area contributed by atoms with E-state index in [0.717, 1.165) is 58.6 Å². The van der Waals surface area contributed by atoms with Crippen LogP contribution in [0.5, 0.6) is 5.75 Å². The third-order valence-corrected chi connectivity index (χ3v) is 12.3. The zero-order chi connectivity index (χ0) is 44.5. The molecular formula is C61H61NO. The van der Waals surface area contributed by atoms with Crippen molar-refractivity contribution in [3.8, 4) is 16.9 Å². The Labute approximate surface area is 376 Å². The molecule has 0 aliphatic heterocycles. The maximum absolute atomic E-state index is 11.2. The van der Waals surface area contributed by atoms with Crippen LogP contribution in [0.1, 0.15) is 94.7 Å². The van der Waals surface area contributed by atoms with Crippen LogP contribution in [0.25, 0.3) is 39.1 Å². The van der Waals surface area contributed by atoms with Gasteiger partial charge in [0.2, 0.25) is 0 Å². The van der Waals surface area contributed by atoms with Gasteiger partial charge in [0.15, 0.2) is 0 Å². The van der Waals surface area contributed by atoms with E-state index >= 15 is 0 Å². The zero-order valence-corrected chi connectivity index (χ0v) is 38.1. The molecule has 6 aromatic carbocycles. The van der Waals surface area contributed by atoms with E-state index in [1.807, 2.05) is 43.4 Å². The molecule has 0 bridgehead atoms. The van der Waals surface area contributed by atoms with Crippen molar-refractivity contribution in [2.75, 3.05) is 4.90 Å². The average molecular weight is 824 g/mol. The highest BCUT2D eigenvalue weighted by atomic mass is 16.3. The molecular weight excluding hydrogens is 763 g/mol. The summed E-state index contributed by atoms with van der Waals surface area (Å²) in [5.41, 5.74) is 16.4. The fourth-order valence-electron chi connectivity index (χ4n) is 9.52. The largest absolute Gasteiger partial charge is 0.507 e. The molecule has 0 spiro atoms. The first-order valence-electron chi connectivity index (χ1n) is 22.6. The first kappa shape index (κ1) is 44.2. The second-order valence-electron chi connectivity index (χ2n) is 16.1. The van der Waals surface area contributed by atoms with Gasteiger partial charge < -0.3 is 10.0 Å². The lowest BCUT2D eigenvalue weighted by molar-refractivity contribution is 0.474. The molecule has 0 amide bonds. The van der Waals surface area contributed by atoms with Crippen molar-refractivity contribution in [1.82, 2.24) is 0 Å². The van der Waals surface area contributed by atoms with Gasteiger partial charge >= 0.3 is 0 Å². The highest BCUT2D eigenvalue weighted by molar-refractivity contribution is 6.03. The topological polar surface area (TPSA) is 23.5 Å². The van der Waals surface area contributed by atoms with Crippen LogP contribution in [-0.2, 0) is 11.8 Å². The Kier molecular flexibility index (Phi) is 13.9. The van der Waals surface area contributed by atoms with E-state index in [9.17, 15) is 5.11 Å². The monoisotopic (exact) mass is 823 g/mol. The molecule has 1 unspecified atom stereocenters. The van der Waals surface area contributed by atoms with E-state index in [0.29, 0.717) is 0 Å². The number of nitrogens with zero attached hydrogens (tertiary/aromatic N) is 1. The molecule has 2 nitrogen and oxygen atoms in total. The molecule has 1 N–H and O–H groups in total. The van der Waals surface area contributed by atoms with Crippen molar-refractivity contribution in [2.24, 2.45) is 0 Å². The van der Waals surface area contributed by atoms with Gasteiger partial charge in [-0.15, -0.1) is 0 Å². The van der Waals surface area contributed by atoms with Crippen molar-refractivity contribution < 1.29 is 5.11 Å². The molecule has 63 heavy (non-hydrogen) atoms. The number of fused-ring (bicyclic) bond motifs is 2. The quantitative estimate of drug-likeness (QED) is 0.104. The fourth-order valence-corrected chi connectivity index (χ4v) is 9.52. The Morgan fingerprint density at radius 3 is 2.06 bits per heavy atom. The van der Waals surface area contributed by atoms with Gasteiger partial charge in [-0.3, -0.25) is 0 Å². The zero-order valence-electron chi connectivity index (χ0n) is 38.1. The molecule has 0 saturated heterocycles. The standard InChI is InChI=1S/C61H61NO/c1-9-15-18-26-43(7)53-38-34-46(41-60(53)63)45-32-35-50(36-33-45)62(59-40-47(27-16-10-2)52(14-6)55-30-21-22-31-56(55)59)51-37-39-54-44(8)57(25-13-5)61(58(54)42-51,48(23-11-3)24-12-4)49-28-19-17-20-29-49/h9,11,13,15-42,63H,7,10,12,14H2,1-6,8H3/b15-9-,23-11-,25-13-,26-18-,27-16-,48-24+. The van der Waals surface area contributed by atoms with Crippen LogP contribution < -0.4 is 4.90 Å². The van der Waals surface area contributed by atoms with Crippen molar-refractivity contribution in [1.29, 1.82) is 0 Å². The Bertz CT molecular complexity index is 2840. The van der Waals surface area contributed by atoms with Gasteiger partial charge in [-0.1, -0.05) is 179 Å². The molecule has 316 valence electrons. The number of allylic oxidation sites excluding steroid dienone is 14. The first-order valence-corrected chi connectivity index (χ1v) is 22.6. The highest BCUT2D eigenvalue weighted by Gasteiger charge is 2.46. The second kappa shape index (κ2) is 19.9. The Morgan fingerprint density at radius 2 is 1.40 bits per heavy atom. The van der Waals surface area contributed by atoms with E-state index in [4.69, 9.17) is 0 Å². The summed E-state index contributed by atoms with van der Waals surface area (Å²) in [5.74, 6) is 0.208. The third kappa shape index (κ3) is 8.39. The minimum atomic E-state index is -0.535. The van der Waals surface area contributed by atoms with Crippen molar-refractivity contribution >= 4 is 45.1 Å². The Balaban J connectivity index is 1.49. The summed E-state index contributed by atoms with van der Waals surface area (Å²) in [6.07, 6.45) is 26.6. The van der Waals surface area contributed by atoms with Gasteiger partial charge in [-0.05, 0) is 150 Å². The first-order chi connectivity index (χ1) is 30.8. The van der Waals surface area contributed by atoms with Crippen LogP contribution in [-0.4, -0.2) is 5.11 Å². The van der Waals surface area contributed by atoms with Gasteiger partial charge in [-0.2, -0.15) is 0 Å². The van der Waals surface area contributed by atoms with E-state index in [-0.39, 0.29) is 5.75 Å². The van der Waals surface area contributed by atoms with E-state index in [2.05, 4.69) is 205 Å². The normalized spacial score (nSPS) is 15.6. The number of anilines is 3. The summed E-state index contributed by atoms with van der Waals surface area (Å²) in [5, 5.41) is 13.7. The number of rotatable bonds is 15. The summed E-state index contributed by atoms with van der Waals surface area (Å²) in [6, 6.07) is 44.1. The minimum Gasteiger partial charge on any atom is -0.507 e. The number of hydrogen-bond acceptors (Lipinski definition) is 2. The summed E-state index contributed by atoms with van der Waals surface area (Å²) in [6.45, 7) is 19.4. The average Bonchev–Trinajstić information content (AvgIpc) is 3.55. The van der Waals surface area contributed by atoms with Crippen LogP contribution in [0.3, 0.4) is 0 Å². The molecule has 0 heterocycles. The van der Waals surface area contributed by atoms with E-state index in [1.165, 1.54) is 55.3 Å². The number of aromatic hydroxyl groups is 1. The number of phenols is 1. The lowest BCUT2D eigenvalue weighted by atomic mass is 9.65. The number of hydrogen-bond donors (Lipinski definition) is 1. The van der Waals surface area contributed by atoms with Crippen LogP contribution in [0.2, 0.25) is 0 Å². The van der Waals surface area contributed by atoms with Gasteiger partial charge in [0.05, 0.1) is 11.1 Å². The lowest BCUT2D eigenvalue weighted by Crippen LogP contribution is -2.30. The van der Waals surface area contributed by atoms with Gasteiger partial charge in [0, 0.05) is 22.3 Å². The number of aryl methyl sites for hydroxylation is 1. The molecule has 2 heteroatoms.